The maximum atomic E-state index is 12.3. The molecular formula is C12H8F2O6S2. The summed E-state index contributed by atoms with van der Waals surface area (Å²) in [6.45, 7) is 0. The predicted octanol–water partition coefficient (Wildman–Crippen LogP) is 2.54. The number of halogens is 2. The summed E-state index contributed by atoms with van der Waals surface area (Å²) in [5.41, 5.74) is 1.22. The van der Waals surface area contributed by atoms with E-state index in [1.165, 1.54) is 48.5 Å². The summed E-state index contributed by atoms with van der Waals surface area (Å²) in [7, 11) is -10.2. The molecule has 0 unspecified atom stereocenters. The topological polar surface area (TPSA) is 86.7 Å². The van der Waals surface area contributed by atoms with Crippen LogP contribution < -0.4 is 8.37 Å². The first-order valence-corrected chi connectivity index (χ1v) is 8.23. The Morgan fingerprint density at radius 2 is 0.864 bits per heavy atom. The van der Waals surface area contributed by atoms with Gasteiger partial charge in [-0.05, 0) is 35.4 Å². The van der Waals surface area contributed by atoms with Gasteiger partial charge < -0.3 is 8.37 Å². The summed E-state index contributed by atoms with van der Waals surface area (Å²) in [6.07, 6.45) is 0. The van der Waals surface area contributed by atoms with Crippen LogP contribution >= 0.6 is 0 Å². The summed E-state index contributed by atoms with van der Waals surface area (Å²) < 4.78 is 74.1. The molecule has 2 aromatic rings. The minimum absolute atomic E-state index is 0.199. The molecule has 0 aliphatic heterocycles. The van der Waals surface area contributed by atoms with Crippen LogP contribution in [0.4, 0.5) is 7.77 Å². The highest BCUT2D eigenvalue weighted by molar-refractivity contribution is 7.82. The average Bonchev–Trinajstić information content (AvgIpc) is 2.37. The van der Waals surface area contributed by atoms with E-state index in [1.54, 1.807) is 0 Å². The van der Waals surface area contributed by atoms with Gasteiger partial charge in [0, 0.05) is 0 Å². The van der Waals surface area contributed by atoms with Crippen molar-refractivity contribution in [3.8, 4) is 22.6 Å². The smallest absolute Gasteiger partial charge is 0.358 e. The highest BCUT2D eigenvalue weighted by Crippen LogP contribution is 2.25. The lowest BCUT2D eigenvalue weighted by atomic mass is 10.1. The number of hydrogen-bond acceptors (Lipinski definition) is 6. The minimum atomic E-state index is -5.09. The Bertz CT molecular complexity index is 783. The van der Waals surface area contributed by atoms with Crippen LogP contribution in [0.15, 0.2) is 48.5 Å². The Morgan fingerprint density at radius 1 is 0.591 bits per heavy atom. The van der Waals surface area contributed by atoms with Gasteiger partial charge in [-0.15, -0.1) is 0 Å². The Morgan fingerprint density at radius 3 is 1.09 bits per heavy atom. The molecule has 0 aliphatic carbocycles. The molecule has 0 aliphatic rings. The van der Waals surface area contributed by atoms with E-state index in [9.17, 15) is 24.6 Å². The molecule has 0 atom stereocenters. The SMILES string of the molecule is O=S(=O)(F)Oc1ccc(-c2ccc(OS(=O)(=O)F)cc2)cc1. The van der Waals surface area contributed by atoms with E-state index in [0.29, 0.717) is 11.1 Å². The van der Waals surface area contributed by atoms with Crippen LogP contribution in [0.5, 0.6) is 11.5 Å². The number of rotatable bonds is 5. The minimum Gasteiger partial charge on any atom is -0.358 e. The fourth-order valence-corrected chi connectivity index (χ4v) is 2.32. The second kappa shape index (κ2) is 5.89. The van der Waals surface area contributed by atoms with E-state index in [1.807, 2.05) is 0 Å². The van der Waals surface area contributed by atoms with Crippen molar-refractivity contribution in [2.24, 2.45) is 0 Å². The lowest BCUT2D eigenvalue weighted by molar-refractivity contribution is 0.438. The summed E-state index contributed by atoms with van der Waals surface area (Å²) in [5, 5.41) is 0. The van der Waals surface area contributed by atoms with Crippen molar-refractivity contribution in [2.75, 3.05) is 0 Å². The molecule has 0 N–H and O–H groups in total. The van der Waals surface area contributed by atoms with Gasteiger partial charge >= 0.3 is 21.0 Å². The van der Waals surface area contributed by atoms with Gasteiger partial charge in [0.25, 0.3) is 0 Å². The first-order chi connectivity index (χ1) is 10.1. The molecule has 0 saturated heterocycles. The number of hydrogen-bond donors (Lipinski definition) is 0. The van der Waals surface area contributed by atoms with Gasteiger partial charge in [-0.2, -0.15) is 16.8 Å². The van der Waals surface area contributed by atoms with Gasteiger partial charge in [-0.25, -0.2) is 0 Å². The molecule has 0 fully saturated rings. The van der Waals surface area contributed by atoms with Crippen molar-refractivity contribution in [1.29, 1.82) is 0 Å². The fraction of sp³-hybridized carbons (Fsp3) is 0. The molecule has 0 saturated carbocycles. The van der Waals surface area contributed by atoms with Crippen molar-refractivity contribution >= 4 is 21.0 Å². The molecule has 2 aromatic carbocycles. The van der Waals surface area contributed by atoms with Crippen LogP contribution in [0.25, 0.3) is 11.1 Å². The molecule has 2 rings (SSSR count). The Labute approximate surface area is 125 Å². The monoisotopic (exact) mass is 350 g/mol. The molecule has 0 radical (unpaired) electrons. The van der Waals surface area contributed by atoms with Crippen molar-refractivity contribution in [3.63, 3.8) is 0 Å². The lowest BCUT2D eigenvalue weighted by Gasteiger charge is -2.05. The van der Waals surface area contributed by atoms with Gasteiger partial charge in [0.1, 0.15) is 11.5 Å². The quantitative estimate of drug-likeness (QED) is 0.770. The molecular weight excluding hydrogens is 342 g/mol. The van der Waals surface area contributed by atoms with Crippen molar-refractivity contribution in [1.82, 2.24) is 0 Å². The zero-order chi connectivity index (χ0) is 16.4. The summed E-state index contributed by atoms with van der Waals surface area (Å²) in [6, 6.07) is 10.8. The van der Waals surface area contributed by atoms with Gasteiger partial charge in [0.05, 0.1) is 0 Å². The van der Waals surface area contributed by atoms with E-state index in [2.05, 4.69) is 8.37 Å². The van der Waals surface area contributed by atoms with Crippen LogP contribution in [0.2, 0.25) is 0 Å². The summed E-state index contributed by atoms with van der Waals surface area (Å²) in [4.78, 5) is 0. The highest BCUT2D eigenvalue weighted by atomic mass is 32.3. The molecule has 0 bridgehead atoms. The molecule has 0 heterocycles. The summed E-state index contributed by atoms with van der Waals surface area (Å²) in [5.74, 6) is -0.399. The van der Waals surface area contributed by atoms with Crippen molar-refractivity contribution in [2.45, 2.75) is 0 Å². The van der Waals surface area contributed by atoms with Crippen LogP contribution in [-0.4, -0.2) is 16.8 Å². The third-order valence-corrected chi connectivity index (χ3v) is 3.22. The standard InChI is InChI=1S/C12H8F2O6S2/c13-21(15,16)19-11-5-1-9(2-6-11)10-3-7-12(8-4-10)20-22(14,17)18/h1-8H. The third kappa shape index (κ3) is 4.97. The normalized spacial score (nSPS) is 11.9. The van der Waals surface area contributed by atoms with Gasteiger partial charge in [-0.1, -0.05) is 32.0 Å². The molecule has 0 spiro atoms. The third-order valence-electron chi connectivity index (χ3n) is 2.43. The number of benzene rings is 2. The molecule has 118 valence electrons. The second-order valence-corrected chi connectivity index (χ2v) is 5.91. The summed E-state index contributed by atoms with van der Waals surface area (Å²) >= 11 is 0. The van der Waals surface area contributed by atoms with Gasteiger partial charge in [-0.3, -0.25) is 0 Å². The average molecular weight is 350 g/mol. The van der Waals surface area contributed by atoms with Crippen molar-refractivity contribution < 1.29 is 33.0 Å². The van der Waals surface area contributed by atoms with Crippen LogP contribution in [0.1, 0.15) is 0 Å². The maximum Gasteiger partial charge on any atom is 0.488 e. The Balaban J connectivity index is 2.18. The van der Waals surface area contributed by atoms with Crippen molar-refractivity contribution in [3.05, 3.63) is 48.5 Å². The predicted molar refractivity (Wildman–Crippen MR) is 73.2 cm³/mol. The Hall–Kier alpha value is -2.20. The fourth-order valence-electron chi connectivity index (χ4n) is 1.64. The molecule has 6 nitrogen and oxygen atoms in total. The molecule has 0 aromatic heterocycles. The zero-order valence-corrected chi connectivity index (χ0v) is 12.3. The molecule has 22 heavy (non-hydrogen) atoms. The highest BCUT2D eigenvalue weighted by Gasteiger charge is 2.11. The van der Waals surface area contributed by atoms with Crippen LogP contribution in [-0.2, 0) is 21.0 Å². The second-order valence-electron chi connectivity index (χ2n) is 4.00. The first kappa shape index (κ1) is 16.2. The van der Waals surface area contributed by atoms with Gasteiger partial charge in [0.15, 0.2) is 0 Å². The van der Waals surface area contributed by atoms with E-state index < -0.39 is 21.0 Å². The maximum absolute atomic E-state index is 12.3. The van der Waals surface area contributed by atoms with Crippen LogP contribution in [0.3, 0.4) is 0 Å². The van der Waals surface area contributed by atoms with Crippen LogP contribution in [0, 0.1) is 0 Å². The first-order valence-electron chi connectivity index (χ1n) is 5.61. The largest absolute Gasteiger partial charge is 0.488 e. The molecule has 0 amide bonds. The molecule has 10 heteroatoms. The van der Waals surface area contributed by atoms with E-state index in [-0.39, 0.29) is 11.5 Å². The Kier molecular flexibility index (Phi) is 4.33. The lowest BCUT2D eigenvalue weighted by Crippen LogP contribution is -2.01. The van der Waals surface area contributed by atoms with Gasteiger partial charge in [0.2, 0.25) is 0 Å². The zero-order valence-electron chi connectivity index (χ0n) is 10.6. The van der Waals surface area contributed by atoms with E-state index >= 15 is 0 Å². The van der Waals surface area contributed by atoms with E-state index in [0.717, 1.165) is 0 Å². The van der Waals surface area contributed by atoms with E-state index in [4.69, 9.17) is 0 Å².